The summed E-state index contributed by atoms with van der Waals surface area (Å²) in [5, 5.41) is 12.2. The molecule has 1 aromatic rings. The van der Waals surface area contributed by atoms with Crippen LogP contribution in [0.15, 0.2) is 5.38 Å². The highest BCUT2D eigenvalue weighted by molar-refractivity contribution is 7.13. The molecule has 0 spiro atoms. The van der Waals surface area contributed by atoms with E-state index >= 15 is 0 Å². The fourth-order valence-corrected chi connectivity index (χ4v) is 3.79. The standard InChI is InChI=1S/C15H25N3O2S/c1-2-6-15(11-19)7-3-8-18(10-15)13(20)5-4-12-9-21-14(16)17-12/h9,19H,2-8,10-11H2,1H3,(H2,16,17)/t15-/m1/s1. The number of nitrogen functional groups attached to an aromatic ring is 1. The molecule has 0 aliphatic carbocycles. The molecule has 1 aromatic heterocycles. The molecule has 1 amide bonds. The second-order valence-electron chi connectivity index (χ2n) is 6.00. The maximum absolute atomic E-state index is 12.4. The Kier molecular flexibility index (Phi) is 5.58. The zero-order chi connectivity index (χ0) is 15.3. The number of hydrogen-bond donors (Lipinski definition) is 2. The Labute approximate surface area is 130 Å². The molecule has 0 saturated carbocycles. The minimum absolute atomic E-state index is 0.0896. The Morgan fingerprint density at radius 1 is 1.62 bits per heavy atom. The summed E-state index contributed by atoms with van der Waals surface area (Å²) in [6, 6.07) is 0. The molecule has 1 aliphatic heterocycles. The molecule has 1 saturated heterocycles. The number of piperidine rings is 1. The molecule has 1 atom stereocenters. The van der Waals surface area contributed by atoms with Gasteiger partial charge in [-0.05, 0) is 25.7 Å². The van der Waals surface area contributed by atoms with Gasteiger partial charge in [0, 0.05) is 30.3 Å². The van der Waals surface area contributed by atoms with E-state index in [0.717, 1.165) is 37.9 Å². The van der Waals surface area contributed by atoms with E-state index in [2.05, 4.69) is 11.9 Å². The molecule has 0 radical (unpaired) electrons. The Balaban J connectivity index is 1.89. The van der Waals surface area contributed by atoms with E-state index in [1.807, 2.05) is 10.3 Å². The van der Waals surface area contributed by atoms with E-state index in [1.54, 1.807) is 0 Å². The number of nitrogens with two attached hydrogens (primary N) is 1. The van der Waals surface area contributed by atoms with Crippen LogP contribution in [0.3, 0.4) is 0 Å². The van der Waals surface area contributed by atoms with Crippen molar-refractivity contribution in [3.63, 3.8) is 0 Å². The lowest BCUT2D eigenvalue weighted by Gasteiger charge is -2.42. The number of carbonyl (C=O) groups excluding carboxylic acids is 1. The lowest BCUT2D eigenvalue weighted by atomic mass is 9.77. The zero-order valence-electron chi connectivity index (χ0n) is 12.7. The van der Waals surface area contributed by atoms with Gasteiger partial charge in [-0.2, -0.15) is 0 Å². The molecule has 2 rings (SSSR count). The number of aryl methyl sites for hydroxylation is 1. The lowest BCUT2D eigenvalue weighted by Crippen LogP contribution is -2.47. The van der Waals surface area contributed by atoms with E-state index in [4.69, 9.17) is 5.73 Å². The maximum atomic E-state index is 12.4. The van der Waals surface area contributed by atoms with E-state index in [-0.39, 0.29) is 17.9 Å². The predicted molar refractivity (Wildman–Crippen MR) is 85.1 cm³/mol. The highest BCUT2D eigenvalue weighted by Gasteiger charge is 2.35. The Morgan fingerprint density at radius 3 is 3.05 bits per heavy atom. The van der Waals surface area contributed by atoms with Gasteiger partial charge in [0.2, 0.25) is 5.91 Å². The molecule has 1 aliphatic rings. The van der Waals surface area contributed by atoms with Gasteiger partial charge in [0.25, 0.3) is 0 Å². The summed E-state index contributed by atoms with van der Waals surface area (Å²) in [6.07, 6.45) is 5.13. The Hall–Kier alpha value is -1.14. The van der Waals surface area contributed by atoms with Crippen molar-refractivity contribution in [3.05, 3.63) is 11.1 Å². The van der Waals surface area contributed by atoms with Gasteiger partial charge in [0.05, 0.1) is 12.3 Å². The number of likely N-dealkylation sites (tertiary alicyclic amines) is 1. The third kappa shape index (κ3) is 4.17. The molecule has 21 heavy (non-hydrogen) atoms. The van der Waals surface area contributed by atoms with Gasteiger partial charge in [-0.3, -0.25) is 4.79 Å². The van der Waals surface area contributed by atoms with Gasteiger partial charge in [0.1, 0.15) is 0 Å². The van der Waals surface area contributed by atoms with Crippen molar-refractivity contribution in [1.29, 1.82) is 0 Å². The van der Waals surface area contributed by atoms with Crippen LogP contribution in [-0.4, -0.2) is 40.6 Å². The number of carbonyl (C=O) groups is 1. The van der Waals surface area contributed by atoms with Crippen molar-refractivity contribution in [1.82, 2.24) is 9.88 Å². The normalized spacial score (nSPS) is 22.5. The summed E-state index contributed by atoms with van der Waals surface area (Å²) in [6.45, 7) is 3.80. The van der Waals surface area contributed by atoms with Crippen LogP contribution >= 0.6 is 11.3 Å². The average Bonchev–Trinajstić information content (AvgIpc) is 2.91. The molecule has 0 bridgehead atoms. The van der Waals surface area contributed by atoms with Crippen LogP contribution in [0.25, 0.3) is 0 Å². The van der Waals surface area contributed by atoms with Crippen molar-refractivity contribution >= 4 is 22.4 Å². The second kappa shape index (κ2) is 7.22. The third-order valence-corrected chi connectivity index (χ3v) is 5.02. The number of hydrogen-bond acceptors (Lipinski definition) is 5. The minimum Gasteiger partial charge on any atom is -0.396 e. The minimum atomic E-state index is -0.0896. The topological polar surface area (TPSA) is 79.5 Å². The van der Waals surface area contributed by atoms with Gasteiger partial charge < -0.3 is 15.7 Å². The SMILES string of the molecule is CCC[C@@]1(CO)CCCN(C(=O)CCc2csc(N)n2)C1. The number of nitrogens with zero attached hydrogens (tertiary/aromatic N) is 2. The van der Waals surface area contributed by atoms with E-state index < -0.39 is 0 Å². The molecule has 0 aromatic carbocycles. The van der Waals surface area contributed by atoms with E-state index in [1.165, 1.54) is 11.3 Å². The first-order valence-corrected chi connectivity index (χ1v) is 8.55. The van der Waals surface area contributed by atoms with Crippen LogP contribution in [0.5, 0.6) is 0 Å². The van der Waals surface area contributed by atoms with Crippen LogP contribution in [0, 0.1) is 5.41 Å². The summed E-state index contributed by atoms with van der Waals surface area (Å²) in [4.78, 5) is 18.5. The van der Waals surface area contributed by atoms with Gasteiger partial charge in [-0.25, -0.2) is 4.98 Å². The molecule has 6 heteroatoms. The number of thiazole rings is 1. The van der Waals surface area contributed by atoms with Crippen molar-refractivity contribution < 1.29 is 9.90 Å². The fourth-order valence-electron chi connectivity index (χ4n) is 3.19. The summed E-state index contributed by atoms with van der Waals surface area (Å²) in [5.41, 5.74) is 6.40. The smallest absolute Gasteiger partial charge is 0.222 e. The van der Waals surface area contributed by atoms with Crippen LogP contribution in [0.1, 0.15) is 44.7 Å². The van der Waals surface area contributed by atoms with Crippen LogP contribution in [0.4, 0.5) is 5.13 Å². The van der Waals surface area contributed by atoms with Gasteiger partial charge >= 0.3 is 0 Å². The molecule has 5 nitrogen and oxygen atoms in total. The van der Waals surface area contributed by atoms with E-state index in [9.17, 15) is 9.90 Å². The number of rotatable bonds is 6. The first-order chi connectivity index (χ1) is 10.1. The molecule has 118 valence electrons. The van der Waals surface area contributed by atoms with Crippen molar-refractivity contribution in [2.75, 3.05) is 25.4 Å². The average molecular weight is 311 g/mol. The molecule has 1 fully saturated rings. The van der Waals surface area contributed by atoms with Gasteiger partial charge in [0.15, 0.2) is 5.13 Å². The lowest BCUT2D eigenvalue weighted by molar-refractivity contribution is -0.135. The number of aromatic nitrogens is 1. The number of aliphatic hydroxyl groups is 1. The highest BCUT2D eigenvalue weighted by Crippen LogP contribution is 2.34. The Morgan fingerprint density at radius 2 is 2.43 bits per heavy atom. The molecular weight excluding hydrogens is 286 g/mol. The van der Waals surface area contributed by atoms with Crippen molar-refractivity contribution in [2.24, 2.45) is 5.41 Å². The largest absolute Gasteiger partial charge is 0.396 e. The van der Waals surface area contributed by atoms with Crippen molar-refractivity contribution in [2.45, 2.75) is 45.4 Å². The molecular formula is C15H25N3O2S. The summed E-state index contributed by atoms with van der Waals surface area (Å²) in [7, 11) is 0. The quantitative estimate of drug-likeness (QED) is 0.843. The summed E-state index contributed by atoms with van der Waals surface area (Å²) < 4.78 is 0. The second-order valence-corrected chi connectivity index (χ2v) is 6.89. The molecule has 0 unspecified atom stereocenters. The van der Waals surface area contributed by atoms with Gasteiger partial charge in [-0.1, -0.05) is 13.3 Å². The molecule has 3 N–H and O–H groups in total. The van der Waals surface area contributed by atoms with Crippen molar-refractivity contribution in [3.8, 4) is 0 Å². The number of amides is 1. The summed E-state index contributed by atoms with van der Waals surface area (Å²) >= 11 is 1.41. The number of aliphatic hydroxyl groups excluding tert-OH is 1. The van der Waals surface area contributed by atoms with E-state index in [0.29, 0.717) is 24.5 Å². The Bertz CT molecular complexity index is 473. The predicted octanol–water partition coefficient (Wildman–Crippen LogP) is 2.06. The zero-order valence-corrected chi connectivity index (χ0v) is 13.5. The first-order valence-electron chi connectivity index (χ1n) is 7.67. The third-order valence-electron chi connectivity index (χ3n) is 4.29. The van der Waals surface area contributed by atoms with Gasteiger partial charge in [-0.15, -0.1) is 11.3 Å². The highest BCUT2D eigenvalue weighted by atomic mass is 32.1. The van der Waals surface area contributed by atoms with Crippen LogP contribution in [-0.2, 0) is 11.2 Å². The van der Waals surface area contributed by atoms with Crippen LogP contribution in [0.2, 0.25) is 0 Å². The van der Waals surface area contributed by atoms with Crippen LogP contribution < -0.4 is 5.73 Å². The summed E-state index contributed by atoms with van der Waals surface area (Å²) in [5.74, 6) is 0.162. The first kappa shape index (κ1) is 16.2. The number of anilines is 1. The fraction of sp³-hybridized carbons (Fsp3) is 0.733. The monoisotopic (exact) mass is 311 g/mol. The maximum Gasteiger partial charge on any atom is 0.222 e. The molecule has 2 heterocycles.